The van der Waals surface area contributed by atoms with E-state index in [9.17, 15) is 8.78 Å². The molecule has 0 aliphatic heterocycles. The van der Waals surface area contributed by atoms with Crippen LogP contribution in [-0.2, 0) is 6.42 Å². The number of allylic oxidation sites excluding steroid dienone is 1. The molecule has 0 N–H and O–H groups in total. The summed E-state index contributed by atoms with van der Waals surface area (Å²) in [4.78, 5) is 0. The molecule has 1 saturated carbocycles. The molecular weight excluding hydrogens is 280 g/mol. The second-order valence-corrected chi connectivity index (χ2v) is 6.29. The highest BCUT2D eigenvalue weighted by molar-refractivity contribution is 5.33. The smallest absolute Gasteiger partial charge is 0.141 e. The standard InChI is InChI=1S/C19H23F2N/c20-12-2-1-3-15-4-6-16(7-5-15)8-9-17-10-11-18(14-22)19(21)13-17/h2,10-13,15-16H,1,3-9H2/b12-2+/t15-,16-. The number of nitrogens with zero attached hydrogens (tertiary/aromatic N) is 1. The maximum absolute atomic E-state index is 13.6. The number of aryl methyl sites for hydroxylation is 1. The van der Waals surface area contributed by atoms with Gasteiger partial charge in [-0.3, -0.25) is 0 Å². The molecule has 0 spiro atoms. The zero-order valence-electron chi connectivity index (χ0n) is 12.9. The first-order valence-electron chi connectivity index (χ1n) is 8.16. The molecule has 0 atom stereocenters. The number of rotatable bonds is 6. The summed E-state index contributed by atoms with van der Waals surface area (Å²) in [6, 6.07) is 6.77. The van der Waals surface area contributed by atoms with Crippen molar-refractivity contribution in [1.82, 2.24) is 0 Å². The SMILES string of the molecule is N#Cc1ccc(CC[C@H]2CC[C@H](CC/C=C/F)CC2)cc1F. The summed E-state index contributed by atoms with van der Waals surface area (Å²) < 4.78 is 25.5. The third-order valence-electron chi connectivity index (χ3n) is 4.79. The molecule has 22 heavy (non-hydrogen) atoms. The first kappa shape index (κ1) is 16.7. The Hall–Kier alpha value is -1.69. The monoisotopic (exact) mass is 303 g/mol. The van der Waals surface area contributed by atoms with Crippen LogP contribution in [0.4, 0.5) is 8.78 Å². The summed E-state index contributed by atoms with van der Waals surface area (Å²) in [6.45, 7) is 0. The van der Waals surface area contributed by atoms with Crippen LogP contribution in [0.15, 0.2) is 30.6 Å². The molecule has 0 saturated heterocycles. The Labute approximate surface area is 131 Å². The van der Waals surface area contributed by atoms with Gasteiger partial charge in [-0.2, -0.15) is 5.26 Å². The molecule has 2 rings (SSSR count). The first-order chi connectivity index (χ1) is 10.7. The molecule has 0 radical (unpaired) electrons. The van der Waals surface area contributed by atoms with Crippen LogP contribution in [0, 0.1) is 29.0 Å². The Bertz CT molecular complexity index is 537. The average molecular weight is 303 g/mol. The van der Waals surface area contributed by atoms with Crippen molar-refractivity contribution in [3.05, 3.63) is 47.5 Å². The topological polar surface area (TPSA) is 23.8 Å². The van der Waals surface area contributed by atoms with E-state index in [4.69, 9.17) is 5.26 Å². The maximum atomic E-state index is 13.6. The van der Waals surface area contributed by atoms with Crippen molar-refractivity contribution in [2.75, 3.05) is 0 Å². The largest absolute Gasteiger partial charge is 0.216 e. The van der Waals surface area contributed by atoms with E-state index < -0.39 is 5.82 Å². The first-order valence-corrected chi connectivity index (χ1v) is 8.16. The highest BCUT2D eigenvalue weighted by Crippen LogP contribution is 2.34. The predicted molar refractivity (Wildman–Crippen MR) is 84.4 cm³/mol. The Morgan fingerprint density at radius 1 is 1.14 bits per heavy atom. The predicted octanol–water partition coefficient (Wildman–Crippen LogP) is 5.70. The van der Waals surface area contributed by atoms with Gasteiger partial charge in [-0.05, 0) is 55.2 Å². The van der Waals surface area contributed by atoms with Gasteiger partial charge in [0.25, 0.3) is 0 Å². The zero-order chi connectivity index (χ0) is 15.8. The van der Waals surface area contributed by atoms with Crippen molar-refractivity contribution in [3.8, 4) is 6.07 Å². The molecular formula is C19H23F2N. The summed E-state index contributed by atoms with van der Waals surface area (Å²) in [5.74, 6) is 1.04. The van der Waals surface area contributed by atoms with E-state index in [-0.39, 0.29) is 5.56 Å². The number of hydrogen-bond acceptors (Lipinski definition) is 1. The van der Waals surface area contributed by atoms with Crippen molar-refractivity contribution in [3.63, 3.8) is 0 Å². The highest BCUT2D eigenvalue weighted by Gasteiger charge is 2.20. The molecule has 0 bridgehead atoms. The average Bonchev–Trinajstić information content (AvgIpc) is 2.54. The van der Waals surface area contributed by atoms with Crippen molar-refractivity contribution in [1.29, 1.82) is 5.26 Å². The highest BCUT2D eigenvalue weighted by atomic mass is 19.1. The van der Waals surface area contributed by atoms with E-state index >= 15 is 0 Å². The molecule has 1 nitrogen and oxygen atoms in total. The van der Waals surface area contributed by atoms with Gasteiger partial charge in [0.1, 0.15) is 11.9 Å². The Balaban J connectivity index is 1.73. The number of nitriles is 1. The second kappa shape index (κ2) is 8.68. The van der Waals surface area contributed by atoms with Crippen LogP contribution in [0.25, 0.3) is 0 Å². The van der Waals surface area contributed by atoms with E-state index in [1.54, 1.807) is 12.1 Å². The lowest BCUT2D eigenvalue weighted by atomic mass is 9.78. The molecule has 0 aromatic heterocycles. The molecule has 0 unspecified atom stereocenters. The molecule has 1 aromatic carbocycles. The molecule has 1 aliphatic rings. The molecule has 3 heteroatoms. The van der Waals surface area contributed by atoms with Crippen LogP contribution >= 0.6 is 0 Å². The van der Waals surface area contributed by atoms with E-state index in [1.807, 2.05) is 12.1 Å². The van der Waals surface area contributed by atoms with Crippen LogP contribution in [0.2, 0.25) is 0 Å². The lowest BCUT2D eigenvalue weighted by molar-refractivity contribution is 0.254. The third kappa shape index (κ3) is 4.94. The van der Waals surface area contributed by atoms with Crippen molar-refractivity contribution < 1.29 is 8.78 Å². The summed E-state index contributed by atoms with van der Waals surface area (Å²) in [5, 5.41) is 8.73. The number of benzene rings is 1. The Morgan fingerprint density at radius 2 is 1.82 bits per heavy atom. The minimum Gasteiger partial charge on any atom is -0.216 e. The molecule has 118 valence electrons. The minimum absolute atomic E-state index is 0.117. The van der Waals surface area contributed by atoms with E-state index in [1.165, 1.54) is 31.7 Å². The van der Waals surface area contributed by atoms with Crippen LogP contribution < -0.4 is 0 Å². The fraction of sp³-hybridized carbons (Fsp3) is 0.526. The zero-order valence-corrected chi connectivity index (χ0v) is 12.9. The molecule has 1 aromatic rings. The summed E-state index contributed by atoms with van der Waals surface area (Å²) in [6.07, 6.45) is 11.0. The van der Waals surface area contributed by atoms with E-state index in [2.05, 4.69) is 0 Å². The Kier molecular flexibility index (Phi) is 6.58. The van der Waals surface area contributed by atoms with Gasteiger partial charge in [0.05, 0.1) is 11.9 Å². The summed E-state index contributed by atoms with van der Waals surface area (Å²) in [5.41, 5.74) is 1.10. The van der Waals surface area contributed by atoms with Crippen LogP contribution in [-0.4, -0.2) is 0 Å². The molecule has 1 aliphatic carbocycles. The number of hydrogen-bond donors (Lipinski definition) is 0. The van der Waals surface area contributed by atoms with E-state index in [0.29, 0.717) is 12.2 Å². The normalized spacial score (nSPS) is 21.9. The lowest BCUT2D eigenvalue weighted by Gasteiger charge is -2.28. The second-order valence-electron chi connectivity index (χ2n) is 6.29. The van der Waals surface area contributed by atoms with Gasteiger partial charge >= 0.3 is 0 Å². The van der Waals surface area contributed by atoms with Gasteiger partial charge in [0, 0.05) is 0 Å². The third-order valence-corrected chi connectivity index (χ3v) is 4.79. The van der Waals surface area contributed by atoms with Gasteiger partial charge < -0.3 is 0 Å². The summed E-state index contributed by atoms with van der Waals surface area (Å²) in [7, 11) is 0. The van der Waals surface area contributed by atoms with Gasteiger partial charge in [0.15, 0.2) is 0 Å². The van der Waals surface area contributed by atoms with Crippen molar-refractivity contribution in [2.45, 2.75) is 51.4 Å². The van der Waals surface area contributed by atoms with Gasteiger partial charge in [0.2, 0.25) is 0 Å². The van der Waals surface area contributed by atoms with Crippen molar-refractivity contribution >= 4 is 0 Å². The quantitative estimate of drug-likeness (QED) is 0.661. The maximum Gasteiger partial charge on any atom is 0.141 e. The fourth-order valence-electron chi connectivity index (χ4n) is 3.38. The minimum atomic E-state index is -0.412. The van der Waals surface area contributed by atoms with E-state index in [0.717, 1.165) is 37.2 Å². The lowest BCUT2D eigenvalue weighted by Crippen LogP contribution is -2.15. The van der Waals surface area contributed by atoms with Crippen molar-refractivity contribution in [2.24, 2.45) is 11.8 Å². The van der Waals surface area contributed by atoms with Crippen LogP contribution in [0.5, 0.6) is 0 Å². The fourth-order valence-corrected chi connectivity index (χ4v) is 3.38. The van der Waals surface area contributed by atoms with Gasteiger partial charge in [-0.1, -0.05) is 37.8 Å². The number of halogens is 2. The molecule has 0 amide bonds. The van der Waals surface area contributed by atoms with Gasteiger partial charge in [-0.15, -0.1) is 0 Å². The Morgan fingerprint density at radius 3 is 2.41 bits per heavy atom. The van der Waals surface area contributed by atoms with Crippen LogP contribution in [0.3, 0.4) is 0 Å². The van der Waals surface area contributed by atoms with Gasteiger partial charge in [-0.25, -0.2) is 8.78 Å². The molecule has 1 fully saturated rings. The summed E-state index contributed by atoms with van der Waals surface area (Å²) >= 11 is 0. The van der Waals surface area contributed by atoms with Crippen LogP contribution in [0.1, 0.15) is 56.1 Å². The molecule has 0 heterocycles.